The lowest BCUT2D eigenvalue weighted by Gasteiger charge is -2.10. The van der Waals surface area contributed by atoms with E-state index in [2.05, 4.69) is 10.0 Å². The van der Waals surface area contributed by atoms with Crippen molar-refractivity contribution >= 4 is 21.4 Å². The Morgan fingerprint density at radius 2 is 2.24 bits per heavy atom. The van der Waals surface area contributed by atoms with Crippen molar-refractivity contribution in [2.24, 2.45) is 0 Å². The second-order valence-corrected chi connectivity index (χ2v) is 6.44. The molecule has 0 spiro atoms. The maximum atomic E-state index is 11.9. The van der Waals surface area contributed by atoms with Gasteiger partial charge in [0, 0.05) is 30.5 Å². The molecule has 0 bridgehead atoms. The quantitative estimate of drug-likeness (QED) is 0.773. The third-order valence-corrected chi connectivity index (χ3v) is 4.74. The van der Waals surface area contributed by atoms with E-state index in [4.69, 9.17) is 4.74 Å². The Hall–Kier alpha value is -0.470. The number of nitrogens with one attached hydrogen (secondary N) is 2. The van der Waals surface area contributed by atoms with Crippen molar-refractivity contribution in [1.82, 2.24) is 10.0 Å². The Morgan fingerprint density at radius 1 is 1.53 bits per heavy atom. The summed E-state index contributed by atoms with van der Waals surface area (Å²) in [4.78, 5) is 1.31. The lowest BCUT2D eigenvalue weighted by Crippen LogP contribution is -2.31. The van der Waals surface area contributed by atoms with Crippen LogP contribution in [0.2, 0.25) is 0 Å². The Kier molecular flexibility index (Phi) is 5.54. The van der Waals surface area contributed by atoms with E-state index in [0.717, 1.165) is 4.88 Å². The minimum Gasteiger partial charge on any atom is -0.380 e. The van der Waals surface area contributed by atoms with Gasteiger partial charge in [-0.25, -0.2) is 13.1 Å². The van der Waals surface area contributed by atoms with Crippen molar-refractivity contribution in [2.45, 2.75) is 24.5 Å². The van der Waals surface area contributed by atoms with Gasteiger partial charge >= 0.3 is 0 Å². The highest BCUT2D eigenvalue weighted by molar-refractivity contribution is 7.89. The first kappa shape index (κ1) is 14.6. The fraction of sp³-hybridized carbons (Fsp3) is 0.600. The molecule has 2 N–H and O–H groups in total. The van der Waals surface area contributed by atoms with Crippen LogP contribution >= 0.6 is 11.3 Å². The zero-order valence-corrected chi connectivity index (χ0v) is 11.8. The molecule has 7 heteroatoms. The third-order valence-electron chi connectivity index (χ3n) is 2.25. The highest BCUT2D eigenvalue weighted by Crippen LogP contribution is 2.18. The number of rotatable bonds is 7. The number of methoxy groups -OCH3 is 1. The highest BCUT2D eigenvalue weighted by Gasteiger charge is 2.16. The molecule has 1 unspecified atom stereocenters. The first-order valence-corrected chi connectivity index (χ1v) is 7.60. The Balaban J connectivity index is 2.68. The summed E-state index contributed by atoms with van der Waals surface area (Å²) in [6.07, 6.45) is -0.139. The maximum absolute atomic E-state index is 11.9. The molecule has 0 aliphatic carbocycles. The van der Waals surface area contributed by atoms with Crippen LogP contribution in [0.25, 0.3) is 0 Å². The van der Waals surface area contributed by atoms with Crippen molar-refractivity contribution in [3.05, 3.63) is 16.3 Å². The SMILES string of the molecule is CNCc1cc(S(=O)(=O)NCC(C)OC)cs1. The van der Waals surface area contributed by atoms with Crippen LogP contribution in [0.15, 0.2) is 16.3 Å². The summed E-state index contributed by atoms with van der Waals surface area (Å²) in [5.41, 5.74) is 0. The average Bonchev–Trinajstić information content (AvgIpc) is 2.76. The van der Waals surface area contributed by atoms with E-state index in [0.29, 0.717) is 11.4 Å². The molecule has 1 heterocycles. The molecule has 0 aromatic carbocycles. The van der Waals surface area contributed by atoms with Crippen LogP contribution in [0.3, 0.4) is 0 Å². The fourth-order valence-electron chi connectivity index (χ4n) is 1.16. The van der Waals surface area contributed by atoms with Crippen molar-refractivity contribution in [3.8, 4) is 0 Å². The van der Waals surface area contributed by atoms with Gasteiger partial charge in [0.05, 0.1) is 11.0 Å². The standard InChI is InChI=1S/C10H18N2O3S2/c1-8(15-3)5-12-17(13,14)10-4-9(6-11-2)16-7-10/h4,7-8,11-12H,5-6H2,1-3H3. The minimum atomic E-state index is -3.41. The van der Waals surface area contributed by atoms with E-state index in [1.54, 1.807) is 18.6 Å². The zero-order chi connectivity index (χ0) is 12.9. The Morgan fingerprint density at radius 3 is 2.82 bits per heavy atom. The number of ether oxygens (including phenoxy) is 1. The van der Waals surface area contributed by atoms with Gasteiger partial charge in [-0.1, -0.05) is 0 Å². The van der Waals surface area contributed by atoms with Crippen LogP contribution in [0.5, 0.6) is 0 Å². The first-order valence-electron chi connectivity index (χ1n) is 5.24. The molecule has 0 fully saturated rings. The van der Waals surface area contributed by atoms with Crippen LogP contribution < -0.4 is 10.0 Å². The van der Waals surface area contributed by atoms with Crippen LogP contribution in [-0.4, -0.2) is 35.2 Å². The summed E-state index contributed by atoms with van der Waals surface area (Å²) in [6, 6.07) is 1.68. The molecule has 5 nitrogen and oxygen atoms in total. The molecular formula is C10H18N2O3S2. The van der Waals surface area contributed by atoms with Crippen LogP contribution in [-0.2, 0) is 21.3 Å². The number of sulfonamides is 1. The van der Waals surface area contributed by atoms with Gasteiger partial charge in [-0.15, -0.1) is 11.3 Å². The maximum Gasteiger partial charge on any atom is 0.241 e. The Bertz CT molecular complexity index is 442. The van der Waals surface area contributed by atoms with Crippen LogP contribution in [0.4, 0.5) is 0 Å². The van der Waals surface area contributed by atoms with Crippen LogP contribution in [0, 0.1) is 0 Å². The van der Waals surface area contributed by atoms with Gasteiger partial charge < -0.3 is 10.1 Å². The first-order chi connectivity index (χ1) is 7.99. The van der Waals surface area contributed by atoms with Gasteiger partial charge in [0.25, 0.3) is 0 Å². The summed E-state index contributed by atoms with van der Waals surface area (Å²) in [7, 11) is -0.0343. The molecule has 0 radical (unpaired) electrons. The summed E-state index contributed by atoms with van der Waals surface area (Å²) in [6.45, 7) is 2.76. The van der Waals surface area contributed by atoms with E-state index in [1.807, 2.05) is 14.0 Å². The molecule has 1 aromatic heterocycles. The summed E-state index contributed by atoms with van der Waals surface area (Å²) >= 11 is 1.43. The molecule has 0 saturated carbocycles. The molecular weight excluding hydrogens is 260 g/mol. The lowest BCUT2D eigenvalue weighted by molar-refractivity contribution is 0.122. The van der Waals surface area contributed by atoms with Crippen molar-refractivity contribution in [2.75, 3.05) is 20.7 Å². The number of hydrogen-bond donors (Lipinski definition) is 2. The normalized spacial score (nSPS) is 13.8. The number of thiophene rings is 1. The Labute approximate surface area is 106 Å². The van der Waals surface area contributed by atoms with Crippen LogP contribution in [0.1, 0.15) is 11.8 Å². The molecule has 1 rings (SSSR count). The van der Waals surface area contributed by atoms with E-state index < -0.39 is 10.0 Å². The van der Waals surface area contributed by atoms with E-state index in [-0.39, 0.29) is 12.6 Å². The average molecular weight is 278 g/mol. The molecule has 1 atom stereocenters. The lowest BCUT2D eigenvalue weighted by atomic mass is 10.4. The minimum absolute atomic E-state index is 0.139. The van der Waals surface area contributed by atoms with Crippen molar-refractivity contribution < 1.29 is 13.2 Å². The van der Waals surface area contributed by atoms with Gasteiger partial charge in [-0.05, 0) is 20.0 Å². The van der Waals surface area contributed by atoms with Crippen molar-refractivity contribution in [1.29, 1.82) is 0 Å². The fourth-order valence-corrected chi connectivity index (χ4v) is 3.56. The summed E-state index contributed by atoms with van der Waals surface area (Å²) < 4.78 is 31.3. The summed E-state index contributed by atoms with van der Waals surface area (Å²) in [5, 5.41) is 4.63. The number of hydrogen-bond acceptors (Lipinski definition) is 5. The molecule has 0 amide bonds. The van der Waals surface area contributed by atoms with E-state index >= 15 is 0 Å². The largest absolute Gasteiger partial charge is 0.380 e. The molecule has 0 aliphatic rings. The molecule has 1 aromatic rings. The smallest absolute Gasteiger partial charge is 0.241 e. The van der Waals surface area contributed by atoms with Gasteiger partial charge in [0.2, 0.25) is 10.0 Å². The third kappa shape index (κ3) is 4.36. The molecule has 0 saturated heterocycles. The topological polar surface area (TPSA) is 67.4 Å². The van der Waals surface area contributed by atoms with Gasteiger partial charge in [0.15, 0.2) is 0 Å². The second-order valence-electron chi connectivity index (χ2n) is 3.68. The highest BCUT2D eigenvalue weighted by atomic mass is 32.2. The predicted molar refractivity (Wildman–Crippen MR) is 68.7 cm³/mol. The van der Waals surface area contributed by atoms with Gasteiger partial charge in [0.1, 0.15) is 0 Å². The molecule has 0 aliphatic heterocycles. The van der Waals surface area contributed by atoms with E-state index in [9.17, 15) is 8.42 Å². The van der Waals surface area contributed by atoms with Crippen molar-refractivity contribution in [3.63, 3.8) is 0 Å². The molecule has 17 heavy (non-hydrogen) atoms. The zero-order valence-electron chi connectivity index (χ0n) is 10.2. The summed E-state index contributed by atoms with van der Waals surface area (Å²) in [5.74, 6) is 0. The van der Waals surface area contributed by atoms with Gasteiger partial charge in [-0.3, -0.25) is 0 Å². The van der Waals surface area contributed by atoms with E-state index in [1.165, 1.54) is 11.3 Å². The second kappa shape index (κ2) is 6.46. The monoisotopic (exact) mass is 278 g/mol. The molecule has 98 valence electrons. The predicted octanol–water partition coefficient (Wildman–Crippen LogP) is 0.781. The van der Waals surface area contributed by atoms with Gasteiger partial charge in [-0.2, -0.15) is 0 Å².